The highest BCUT2D eigenvalue weighted by Gasteiger charge is 2.64. The maximum atomic E-state index is 14.1. The van der Waals surface area contributed by atoms with Gasteiger partial charge in [0.1, 0.15) is 40.7 Å². The molecule has 0 aromatic heterocycles. The van der Waals surface area contributed by atoms with Gasteiger partial charge < -0.3 is 38.6 Å². The van der Waals surface area contributed by atoms with Crippen molar-refractivity contribution >= 4 is 53.8 Å². The van der Waals surface area contributed by atoms with Crippen LogP contribution in [-0.4, -0.2) is 109 Å². The molecule has 3 aliphatic heterocycles. The molecule has 2 fully saturated rings. The number of aliphatic hydroxyl groups is 1. The highest BCUT2D eigenvalue weighted by molar-refractivity contribution is 7.80. The average molecular weight is 766 g/mol. The van der Waals surface area contributed by atoms with E-state index in [0.717, 1.165) is 11.1 Å². The summed E-state index contributed by atoms with van der Waals surface area (Å²) >= 11 is 11.1. The van der Waals surface area contributed by atoms with E-state index in [1.54, 1.807) is 52.1 Å². The van der Waals surface area contributed by atoms with Gasteiger partial charge in [-0.2, -0.15) is 12.6 Å². The van der Waals surface area contributed by atoms with E-state index in [1.807, 2.05) is 19.9 Å². The van der Waals surface area contributed by atoms with Crippen LogP contribution in [0.15, 0.2) is 35.9 Å². The van der Waals surface area contributed by atoms with Crippen molar-refractivity contribution in [3.8, 4) is 5.75 Å². The number of halogens is 1. The zero-order valence-corrected chi connectivity index (χ0v) is 33.0. The molecule has 4 rings (SSSR count). The molecule has 2 N–H and O–H groups in total. The van der Waals surface area contributed by atoms with Crippen LogP contribution in [-0.2, 0) is 39.8 Å². The Labute approximate surface area is 316 Å². The number of hydrogen-bond acceptors (Lipinski definition) is 11. The number of allylic oxidation sites excluding steroid dienone is 3. The van der Waals surface area contributed by atoms with Crippen LogP contribution in [0, 0.1) is 5.92 Å². The van der Waals surface area contributed by atoms with Gasteiger partial charge in [0.2, 0.25) is 11.8 Å². The molecule has 3 amide bonds. The first-order valence-corrected chi connectivity index (χ1v) is 18.3. The lowest BCUT2D eigenvalue weighted by Crippen LogP contribution is -2.63. The van der Waals surface area contributed by atoms with Gasteiger partial charge in [-0.25, -0.2) is 9.59 Å². The van der Waals surface area contributed by atoms with Gasteiger partial charge in [0.15, 0.2) is 5.72 Å². The molecule has 0 aliphatic carbocycles. The van der Waals surface area contributed by atoms with Crippen molar-refractivity contribution in [2.24, 2.45) is 5.92 Å². The number of thiol groups is 1. The highest BCUT2D eigenvalue weighted by Crippen LogP contribution is 2.49. The number of ether oxygens (including phenoxy) is 5. The zero-order chi connectivity index (χ0) is 38.7. The topological polar surface area (TPSA) is 156 Å². The number of hydrogen-bond donors (Lipinski definition) is 3. The van der Waals surface area contributed by atoms with Gasteiger partial charge in [-0.3, -0.25) is 14.9 Å². The maximum absolute atomic E-state index is 14.1. The molecule has 3 aliphatic rings. The monoisotopic (exact) mass is 765 g/mol. The number of nitrogens with zero attached hydrogens (tertiary/aromatic N) is 2. The van der Waals surface area contributed by atoms with Gasteiger partial charge in [0.25, 0.3) is 0 Å². The Kier molecular flexibility index (Phi) is 13.4. The summed E-state index contributed by atoms with van der Waals surface area (Å²) in [5, 5.41) is 14.5. The van der Waals surface area contributed by atoms with Crippen LogP contribution in [0.3, 0.4) is 0 Å². The third kappa shape index (κ3) is 9.25. The molecule has 0 radical (unpaired) electrons. The van der Waals surface area contributed by atoms with Gasteiger partial charge in [-0.15, -0.1) is 0 Å². The van der Waals surface area contributed by atoms with Gasteiger partial charge in [0.05, 0.1) is 25.3 Å². The van der Waals surface area contributed by atoms with Crippen molar-refractivity contribution in [3.63, 3.8) is 0 Å². The van der Waals surface area contributed by atoms with Crippen LogP contribution in [0.4, 0.5) is 10.5 Å². The smallest absolute Gasteiger partial charge is 0.409 e. The van der Waals surface area contributed by atoms with Gasteiger partial charge in [-0.1, -0.05) is 49.2 Å². The molecule has 13 nitrogen and oxygen atoms in total. The Bertz CT molecular complexity index is 1590. The number of esters is 1. The summed E-state index contributed by atoms with van der Waals surface area (Å²) < 4.78 is 29.2. The zero-order valence-electron chi connectivity index (χ0n) is 31.3. The quantitative estimate of drug-likeness (QED) is 0.194. The first-order chi connectivity index (χ1) is 24.3. The molecule has 1 aromatic rings. The largest absolute Gasteiger partial charge is 0.495 e. The Hall–Kier alpha value is -3.30. The SMILES string of the molecule is COc1cc2cc(c1Cl)N(C)C(=O)CC(OC(=O)[C@H](C)N(C)C(=O)CCC(C)S)[C@]1(C)O[C@H]1[C@H](C)[C@@H]1C[C@@](O)(NC(=O)O1)C(OC)/C=C/C=C(\C)C2. The lowest BCUT2D eigenvalue weighted by atomic mass is 9.83. The summed E-state index contributed by atoms with van der Waals surface area (Å²) in [6.07, 6.45) is 1.69. The fraction of sp³-hybridized carbons (Fsp3) is 0.622. The summed E-state index contributed by atoms with van der Waals surface area (Å²) in [5.41, 5.74) is -0.906. The van der Waals surface area contributed by atoms with Gasteiger partial charge in [-0.05, 0) is 56.6 Å². The molecular weight excluding hydrogens is 714 g/mol. The van der Waals surface area contributed by atoms with E-state index in [2.05, 4.69) is 17.9 Å². The predicted molar refractivity (Wildman–Crippen MR) is 199 cm³/mol. The van der Waals surface area contributed by atoms with Crippen LogP contribution < -0.4 is 15.0 Å². The first-order valence-electron chi connectivity index (χ1n) is 17.4. The Balaban J connectivity index is 1.75. The van der Waals surface area contributed by atoms with Crippen molar-refractivity contribution in [2.75, 3.05) is 33.2 Å². The van der Waals surface area contributed by atoms with E-state index in [1.165, 1.54) is 31.1 Å². The van der Waals surface area contributed by atoms with Crippen LogP contribution in [0.25, 0.3) is 0 Å². The predicted octanol–water partition coefficient (Wildman–Crippen LogP) is 4.61. The molecule has 288 valence electrons. The number of amides is 3. The number of fused-ring (bicyclic) bond motifs is 5. The molecule has 15 heteroatoms. The minimum Gasteiger partial charge on any atom is -0.495 e. The molecule has 3 heterocycles. The molecule has 0 spiro atoms. The number of benzene rings is 1. The second-order valence-electron chi connectivity index (χ2n) is 14.3. The number of epoxide rings is 1. The van der Waals surface area contributed by atoms with Crippen LogP contribution >= 0.6 is 24.2 Å². The average Bonchev–Trinajstić information content (AvgIpc) is 3.79. The summed E-state index contributed by atoms with van der Waals surface area (Å²) in [4.78, 5) is 56.2. The normalized spacial score (nSPS) is 32.2. The number of methoxy groups -OCH3 is 2. The number of likely N-dealkylation sites (N-methyl/N-ethyl adjacent to an activating group) is 1. The number of anilines is 1. The van der Waals surface area contributed by atoms with E-state index in [0.29, 0.717) is 24.3 Å². The van der Waals surface area contributed by atoms with E-state index >= 15 is 0 Å². The van der Waals surface area contributed by atoms with Crippen LogP contribution in [0.5, 0.6) is 5.75 Å². The molecule has 4 bridgehead atoms. The maximum Gasteiger partial charge on any atom is 0.409 e. The van der Waals surface area contributed by atoms with Crippen LogP contribution in [0.2, 0.25) is 5.02 Å². The lowest BCUT2D eigenvalue weighted by Gasteiger charge is -2.42. The molecule has 0 saturated carbocycles. The van der Waals surface area contributed by atoms with Gasteiger partial charge in [0, 0.05) is 40.0 Å². The van der Waals surface area contributed by atoms with Gasteiger partial charge >= 0.3 is 12.1 Å². The first kappa shape index (κ1) is 41.5. The Morgan fingerprint density at radius 1 is 1.25 bits per heavy atom. The lowest BCUT2D eigenvalue weighted by molar-refractivity contribution is -0.162. The van der Waals surface area contributed by atoms with E-state index in [9.17, 15) is 24.3 Å². The minimum absolute atomic E-state index is 0.00636. The number of nitrogens with one attached hydrogen (secondary N) is 1. The Morgan fingerprint density at radius 3 is 2.58 bits per heavy atom. The Morgan fingerprint density at radius 2 is 1.94 bits per heavy atom. The second kappa shape index (κ2) is 16.8. The van der Waals surface area contributed by atoms with E-state index in [-0.39, 0.29) is 35.4 Å². The number of carbonyl (C=O) groups is 4. The fourth-order valence-corrected chi connectivity index (χ4v) is 7.17. The standard InChI is InChI=1S/C37H52ClN3O10S/c1-20-11-10-12-28(48-9)37(46)19-27(49-35(45)39-37)22(3)33-36(5,51-33)29(50-34(44)23(4)40(6)30(42)14-13-21(2)52)18-31(43)41(7)25-16-24(15-20)17-26(47-8)32(25)38/h10-12,16-17,21-23,27-29,33,46,52H,13-15,18-19H2,1-9H3,(H,39,45)/b12-10+,20-11+/t21?,22-,23+,27+,28?,29?,33+,36+,37+/m1/s1. The molecule has 52 heavy (non-hydrogen) atoms. The molecular formula is C37H52ClN3O10S. The number of alkyl carbamates (subject to hydrolysis) is 1. The fourth-order valence-electron chi connectivity index (χ4n) is 6.73. The highest BCUT2D eigenvalue weighted by atomic mass is 35.5. The van der Waals surface area contributed by atoms with Crippen molar-refractivity contribution in [1.29, 1.82) is 0 Å². The van der Waals surface area contributed by atoms with E-state index in [4.69, 9.17) is 35.3 Å². The van der Waals surface area contributed by atoms with E-state index < -0.39 is 65.7 Å². The molecule has 2 saturated heterocycles. The second-order valence-corrected chi connectivity index (χ2v) is 15.6. The summed E-state index contributed by atoms with van der Waals surface area (Å²) in [5.74, 6) is -1.56. The van der Waals surface area contributed by atoms with Crippen molar-refractivity contribution in [3.05, 3.63) is 46.5 Å². The number of carbonyl (C=O) groups excluding carboxylic acids is 4. The summed E-state index contributed by atoms with van der Waals surface area (Å²) in [7, 11) is 6.02. The minimum atomic E-state index is -1.82. The summed E-state index contributed by atoms with van der Waals surface area (Å²) in [6.45, 7) is 8.88. The number of rotatable bonds is 8. The van der Waals surface area contributed by atoms with Crippen LogP contribution in [0.1, 0.15) is 65.9 Å². The third-order valence-electron chi connectivity index (χ3n) is 10.3. The molecule has 1 aromatic carbocycles. The van der Waals surface area contributed by atoms with Crippen molar-refractivity contribution in [1.82, 2.24) is 10.2 Å². The summed E-state index contributed by atoms with van der Waals surface area (Å²) in [6, 6.07) is 2.61. The third-order valence-corrected chi connectivity index (χ3v) is 10.9. The van der Waals surface area contributed by atoms with Crippen molar-refractivity contribution in [2.45, 2.75) is 114 Å². The van der Waals surface area contributed by atoms with Crippen molar-refractivity contribution < 1.29 is 48.0 Å². The molecule has 9 atom stereocenters. The molecule has 3 unspecified atom stereocenters.